The van der Waals surface area contributed by atoms with Crippen molar-refractivity contribution in [3.05, 3.63) is 29.6 Å². The Hall–Kier alpha value is -0.900. The molecule has 0 saturated carbocycles. The summed E-state index contributed by atoms with van der Waals surface area (Å²) in [6.07, 6.45) is -2.40. The standard InChI is InChI=1S/C14H16F4N2O2S.ClH/c15-12-4-1-9(14(16,17)18)7-13(12)23(21,22)20-6-5-10-2-3-11(8-20)19-10;/h1,4,7,10-11,19H,2-3,5-6,8H2;1H. The molecule has 2 aliphatic rings. The van der Waals surface area contributed by atoms with Gasteiger partial charge in [-0.25, -0.2) is 12.8 Å². The molecule has 0 aliphatic carbocycles. The molecule has 1 N–H and O–H groups in total. The Labute approximate surface area is 143 Å². The molecule has 0 radical (unpaired) electrons. The van der Waals surface area contributed by atoms with E-state index in [-0.39, 0.29) is 37.6 Å². The zero-order chi connectivity index (χ0) is 16.8. The number of sulfonamides is 1. The summed E-state index contributed by atoms with van der Waals surface area (Å²) in [6.45, 7) is 0.320. The minimum absolute atomic E-state index is 0. The van der Waals surface area contributed by atoms with Gasteiger partial charge in [0.05, 0.1) is 5.56 Å². The number of benzene rings is 1. The summed E-state index contributed by atoms with van der Waals surface area (Å²) in [5.74, 6) is -1.17. The maximum Gasteiger partial charge on any atom is 0.416 e. The lowest BCUT2D eigenvalue weighted by molar-refractivity contribution is -0.137. The number of hydrogen-bond acceptors (Lipinski definition) is 3. The molecule has 0 aromatic heterocycles. The van der Waals surface area contributed by atoms with Crippen molar-refractivity contribution in [2.75, 3.05) is 13.1 Å². The maximum absolute atomic E-state index is 13.9. The molecule has 136 valence electrons. The summed E-state index contributed by atoms with van der Waals surface area (Å²) in [5, 5.41) is 3.28. The van der Waals surface area contributed by atoms with Gasteiger partial charge in [0.2, 0.25) is 10.0 Å². The molecule has 24 heavy (non-hydrogen) atoms. The fraction of sp³-hybridized carbons (Fsp3) is 0.571. The van der Waals surface area contributed by atoms with E-state index in [0.717, 1.165) is 17.1 Å². The topological polar surface area (TPSA) is 49.4 Å². The second kappa shape index (κ2) is 6.78. The molecular formula is C14H17ClF4N2O2S. The fourth-order valence-electron chi connectivity index (χ4n) is 3.15. The SMILES string of the molecule is Cl.O=S(=O)(c1cc(C(F)(F)F)ccc1F)N1CCC2CCC(C1)N2. The molecule has 1 aromatic rings. The minimum atomic E-state index is -4.72. The van der Waals surface area contributed by atoms with Gasteiger partial charge in [-0.05, 0) is 37.5 Å². The summed E-state index contributed by atoms with van der Waals surface area (Å²) in [6, 6.07) is 1.65. The fourth-order valence-corrected chi connectivity index (χ4v) is 4.74. The molecule has 2 bridgehead atoms. The summed E-state index contributed by atoms with van der Waals surface area (Å²) in [5.41, 5.74) is -1.17. The van der Waals surface area contributed by atoms with Crippen LogP contribution in [-0.2, 0) is 16.2 Å². The number of fused-ring (bicyclic) bond motifs is 2. The van der Waals surface area contributed by atoms with E-state index in [0.29, 0.717) is 24.6 Å². The molecule has 0 amide bonds. The molecule has 2 aliphatic heterocycles. The Bertz CT molecular complexity index is 711. The summed E-state index contributed by atoms with van der Waals surface area (Å²) < 4.78 is 78.5. The lowest BCUT2D eigenvalue weighted by Gasteiger charge is -2.24. The Kier molecular flexibility index (Phi) is 5.49. The van der Waals surface area contributed by atoms with E-state index >= 15 is 0 Å². The first-order valence-electron chi connectivity index (χ1n) is 7.31. The minimum Gasteiger partial charge on any atom is -0.310 e. The van der Waals surface area contributed by atoms with Crippen molar-refractivity contribution < 1.29 is 26.0 Å². The number of hydrogen-bond donors (Lipinski definition) is 1. The summed E-state index contributed by atoms with van der Waals surface area (Å²) >= 11 is 0. The Morgan fingerprint density at radius 2 is 1.79 bits per heavy atom. The van der Waals surface area contributed by atoms with Crippen LogP contribution >= 0.6 is 12.4 Å². The summed E-state index contributed by atoms with van der Waals surface area (Å²) in [7, 11) is -4.30. The van der Waals surface area contributed by atoms with E-state index < -0.39 is 32.5 Å². The van der Waals surface area contributed by atoms with Crippen molar-refractivity contribution in [3.63, 3.8) is 0 Å². The Balaban J connectivity index is 0.00000208. The van der Waals surface area contributed by atoms with E-state index in [2.05, 4.69) is 5.32 Å². The number of alkyl halides is 3. The number of rotatable bonds is 2. The second-order valence-corrected chi connectivity index (χ2v) is 7.84. The first-order valence-corrected chi connectivity index (χ1v) is 8.75. The van der Waals surface area contributed by atoms with Gasteiger partial charge in [0.25, 0.3) is 0 Å². The van der Waals surface area contributed by atoms with Crippen molar-refractivity contribution >= 4 is 22.4 Å². The normalized spacial score (nSPS) is 25.2. The van der Waals surface area contributed by atoms with Crippen LogP contribution in [0.5, 0.6) is 0 Å². The molecule has 2 atom stereocenters. The molecule has 4 nitrogen and oxygen atoms in total. The van der Waals surface area contributed by atoms with Crippen molar-refractivity contribution in [2.24, 2.45) is 0 Å². The molecule has 2 saturated heterocycles. The molecule has 10 heteroatoms. The van der Waals surface area contributed by atoms with Gasteiger partial charge in [-0.3, -0.25) is 0 Å². The highest BCUT2D eigenvalue weighted by Gasteiger charge is 2.38. The molecule has 3 rings (SSSR count). The van der Waals surface area contributed by atoms with Gasteiger partial charge in [0.15, 0.2) is 0 Å². The lowest BCUT2D eigenvalue weighted by atomic mass is 10.1. The van der Waals surface area contributed by atoms with E-state index in [1.165, 1.54) is 0 Å². The highest BCUT2D eigenvalue weighted by molar-refractivity contribution is 7.89. The highest BCUT2D eigenvalue weighted by atomic mass is 35.5. The van der Waals surface area contributed by atoms with Gasteiger partial charge < -0.3 is 5.32 Å². The quantitative estimate of drug-likeness (QED) is 0.793. The van der Waals surface area contributed by atoms with Gasteiger partial charge in [0, 0.05) is 25.2 Å². The van der Waals surface area contributed by atoms with Gasteiger partial charge in [-0.1, -0.05) is 0 Å². The van der Waals surface area contributed by atoms with Gasteiger partial charge >= 0.3 is 6.18 Å². The molecule has 2 heterocycles. The molecule has 2 fully saturated rings. The van der Waals surface area contributed by atoms with Crippen LogP contribution in [0.25, 0.3) is 0 Å². The third-order valence-electron chi connectivity index (χ3n) is 4.36. The Morgan fingerprint density at radius 1 is 1.12 bits per heavy atom. The van der Waals surface area contributed by atoms with Crippen LogP contribution in [0.2, 0.25) is 0 Å². The average molecular weight is 389 g/mol. The maximum atomic E-state index is 13.9. The van der Waals surface area contributed by atoms with Gasteiger partial charge in [-0.2, -0.15) is 17.5 Å². The first-order chi connectivity index (χ1) is 10.7. The zero-order valence-electron chi connectivity index (χ0n) is 12.5. The van der Waals surface area contributed by atoms with E-state index in [1.54, 1.807) is 0 Å². The van der Waals surface area contributed by atoms with Crippen molar-refractivity contribution in [2.45, 2.75) is 42.4 Å². The largest absolute Gasteiger partial charge is 0.416 e. The average Bonchev–Trinajstić information content (AvgIpc) is 2.76. The second-order valence-electron chi connectivity index (χ2n) is 5.93. The van der Waals surface area contributed by atoms with Gasteiger partial charge in [-0.15, -0.1) is 12.4 Å². The van der Waals surface area contributed by atoms with Crippen LogP contribution in [0.4, 0.5) is 17.6 Å². The van der Waals surface area contributed by atoms with Crippen LogP contribution in [0.15, 0.2) is 23.1 Å². The zero-order valence-corrected chi connectivity index (χ0v) is 14.1. The van der Waals surface area contributed by atoms with Crippen molar-refractivity contribution in [3.8, 4) is 0 Å². The molecule has 1 aromatic carbocycles. The first kappa shape index (κ1) is 19.4. The lowest BCUT2D eigenvalue weighted by Crippen LogP contribution is -2.39. The van der Waals surface area contributed by atoms with Crippen LogP contribution in [0, 0.1) is 5.82 Å². The van der Waals surface area contributed by atoms with Crippen LogP contribution in [-0.4, -0.2) is 37.9 Å². The van der Waals surface area contributed by atoms with E-state index in [1.807, 2.05) is 0 Å². The third-order valence-corrected chi connectivity index (χ3v) is 6.24. The number of nitrogens with one attached hydrogen (secondary N) is 1. The van der Waals surface area contributed by atoms with Crippen LogP contribution in [0.1, 0.15) is 24.8 Å². The highest BCUT2D eigenvalue weighted by Crippen LogP contribution is 2.33. The molecular weight excluding hydrogens is 372 g/mol. The van der Waals surface area contributed by atoms with Crippen molar-refractivity contribution in [1.82, 2.24) is 9.62 Å². The van der Waals surface area contributed by atoms with Crippen LogP contribution < -0.4 is 5.32 Å². The van der Waals surface area contributed by atoms with E-state index in [4.69, 9.17) is 0 Å². The predicted octanol–water partition coefficient (Wildman–Crippen LogP) is 2.78. The molecule has 0 spiro atoms. The summed E-state index contributed by atoms with van der Waals surface area (Å²) in [4.78, 5) is -0.912. The third kappa shape index (κ3) is 3.68. The van der Waals surface area contributed by atoms with Crippen molar-refractivity contribution in [1.29, 1.82) is 0 Å². The number of nitrogens with zero attached hydrogens (tertiary/aromatic N) is 1. The number of halogens is 5. The van der Waals surface area contributed by atoms with Crippen LogP contribution in [0.3, 0.4) is 0 Å². The van der Waals surface area contributed by atoms with Gasteiger partial charge in [0.1, 0.15) is 10.7 Å². The predicted molar refractivity (Wildman–Crippen MR) is 82.0 cm³/mol. The Morgan fingerprint density at radius 3 is 2.46 bits per heavy atom. The smallest absolute Gasteiger partial charge is 0.310 e. The monoisotopic (exact) mass is 388 g/mol. The van der Waals surface area contributed by atoms with E-state index in [9.17, 15) is 26.0 Å². The molecule has 2 unspecified atom stereocenters.